The minimum Gasteiger partial charge on any atom is -0.481 e. The quantitative estimate of drug-likeness (QED) is 0.0768. The lowest BCUT2D eigenvalue weighted by Crippen LogP contribution is -1.93. The second-order valence-corrected chi connectivity index (χ2v) is 13.2. The summed E-state index contributed by atoms with van der Waals surface area (Å²) in [6, 6.07) is 0. The molecule has 0 atom stereocenters. The van der Waals surface area contributed by atoms with Crippen molar-refractivity contribution in [2.75, 3.05) is 0 Å². The van der Waals surface area contributed by atoms with Gasteiger partial charge in [-0.05, 0) is 6.42 Å². The first-order valence-electron chi connectivity index (χ1n) is 19.0. The number of hydrogen-bond donors (Lipinski definition) is 1. The van der Waals surface area contributed by atoms with Gasteiger partial charge in [-0.3, -0.25) is 4.79 Å². The molecule has 0 aromatic carbocycles. The summed E-state index contributed by atoms with van der Waals surface area (Å²) < 4.78 is 0. The molecule has 0 saturated carbocycles. The molecule has 0 amide bonds. The molecule has 0 aromatic heterocycles. The summed E-state index contributed by atoms with van der Waals surface area (Å²) in [5, 5.41) is 8.64. The maximum Gasteiger partial charge on any atom is 0.303 e. The lowest BCUT2D eigenvalue weighted by atomic mass is 10.0. The van der Waals surface area contributed by atoms with Gasteiger partial charge in [0.15, 0.2) is 0 Å². The third-order valence-corrected chi connectivity index (χ3v) is 8.99. The Morgan fingerprint density at radius 2 is 0.450 bits per heavy atom. The Labute approximate surface area is 253 Å². The van der Waals surface area contributed by atoms with Crippen LogP contribution in [0, 0.1) is 0 Å². The van der Waals surface area contributed by atoms with Crippen LogP contribution in [0.15, 0.2) is 0 Å². The molecule has 0 unspecified atom stereocenters. The predicted octanol–water partition coefficient (Wildman–Crippen LogP) is 14.1. The van der Waals surface area contributed by atoms with E-state index in [-0.39, 0.29) is 0 Å². The van der Waals surface area contributed by atoms with E-state index in [2.05, 4.69) is 6.92 Å². The van der Waals surface area contributed by atoms with Gasteiger partial charge in [0.25, 0.3) is 0 Å². The maximum atomic E-state index is 10.5. The number of hydrogen-bond acceptors (Lipinski definition) is 1. The van der Waals surface area contributed by atoms with E-state index in [9.17, 15) is 4.79 Å². The third kappa shape index (κ3) is 37.5. The molecule has 0 rings (SSSR count). The highest BCUT2D eigenvalue weighted by Gasteiger charge is 1.98. The Kier molecular flexibility index (Phi) is 36.0. The summed E-state index contributed by atoms with van der Waals surface area (Å²) in [5.41, 5.74) is 0. The number of unbranched alkanes of at least 4 members (excludes halogenated alkanes) is 34. The predicted molar refractivity (Wildman–Crippen MR) is 180 cm³/mol. The minimum atomic E-state index is -0.647. The molecule has 0 fully saturated rings. The molecule has 2 nitrogen and oxygen atoms in total. The van der Waals surface area contributed by atoms with Gasteiger partial charge in [0, 0.05) is 6.42 Å². The molecule has 0 aliphatic heterocycles. The van der Waals surface area contributed by atoms with E-state index in [0.29, 0.717) is 6.42 Å². The highest BCUT2D eigenvalue weighted by molar-refractivity contribution is 5.66. The number of carboxylic acids is 1. The van der Waals surface area contributed by atoms with Crippen LogP contribution in [0.1, 0.15) is 238 Å². The zero-order chi connectivity index (χ0) is 29.0. The molecular weight excluding hydrogens is 488 g/mol. The molecule has 0 aliphatic carbocycles. The lowest BCUT2D eigenvalue weighted by molar-refractivity contribution is -0.137. The van der Waals surface area contributed by atoms with Crippen molar-refractivity contribution < 1.29 is 9.90 Å². The first-order chi connectivity index (χ1) is 19.8. The van der Waals surface area contributed by atoms with E-state index in [1.807, 2.05) is 0 Å². The smallest absolute Gasteiger partial charge is 0.303 e. The van der Waals surface area contributed by atoms with Crippen LogP contribution in [0.3, 0.4) is 0 Å². The van der Waals surface area contributed by atoms with Crippen molar-refractivity contribution in [2.45, 2.75) is 238 Å². The van der Waals surface area contributed by atoms with Crippen molar-refractivity contribution in [1.82, 2.24) is 0 Å². The molecule has 0 spiro atoms. The highest BCUT2D eigenvalue weighted by atomic mass is 16.4. The zero-order valence-electron chi connectivity index (χ0n) is 27.8. The molecule has 0 heterocycles. The summed E-state index contributed by atoms with van der Waals surface area (Å²) in [7, 11) is 0. The average molecular weight is 565 g/mol. The van der Waals surface area contributed by atoms with Gasteiger partial charge in [0.1, 0.15) is 0 Å². The Hall–Kier alpha value is -0.530. The van der Waals surface area contributed by atoms with Gasteiger partial charge in [-0.1, -0.05) is 225 Å². The van der Waals surface area contributed by atoms with Crippen LogP contribution in [0.25, 0.3) is 0 Å². The number of rotatable bonds is 36. The molecule has 2 heteroatoms. The van der Waals surface area contributed by atoms with Crippen molar-refractivity contribution in [3.63, 3.8) is 0 Å². The summed E-state index contributed by atoms with van der Waals surface area (Å²) in [6.45, 7) is 2.30. The van der Waals surface area contributed by atoms with Gasteiger partial charge in [0.2, 0.25) is 0 Å². The normalized spacial score (nSPS) is 11.4. The second kappa shape index (κ2) is 36.5. The van der Waals surface area contributed by atoms with Crippen molar-refractivity contribution in [2.24, 2.45) is 0 Å². The summed E-state index contributed by atoms with van der Waals surface area (Å²) in [4.78, 5) is 10.5. The largest absolute Gasteiger partial charge is 0.481 e. The maximum absolute atomic E-state index is 10.5. The molecule has 1 N–H and O–H groups in total. The van der Waals surface area contributed by atoms with Gasteiger partial charge in [-0.25, -0.2) is 0 Å². The van der Waals surface area contributed by atoms with Gasteiger partial charge in [0.05, 0.1) is 0 Å². The second-order valence-electron chi connectivity index (χ2n) is 13.2. The molecule has 0 aromatic rings. The van der Waals surface area contributed by atoms with Crippen molar-refractivity contribution in [3.05, 3.63) is 0 Å². The first kappa shape index (κ1) is 39.5. The van der Waals surface area contributed by atoms with Gasteiger partial charge >= 0.3 is 5.97 Å². The fourth-order valence-electron chi connectivity index (χ4n) is 6.18. The van der Waals surface area contributed by atoms with Crippen LogP contribution in [0.4, 0.5) is 0 Å². The molecule has 40 heavy (non-hydrogen) atoms. The van der Waals surface area contributed by atoms with Crippen molar-refractivity contribution in [1.29, 1.82) is 0 Å². The van der Waals surface area contributed by atoms with Crippen LogP contribution in [-0.4, -0.2) is 11.1 Å². The zero-order valence-corrected chi connectivity index (χ0v) is 27.8. The van der Waals surface area contributed by atoms with Crippen LogP contribution < -0.4 is 0 Å². The van der Waals surface area contributed by atoms with E-state index in [4.69, 9.17) is 5.11 Å². The Morgan fingerprint density at radius 3 is 0.600 bits per heavy atom. The molecular formula is C38H76O2. The fourth-order valence-corrected chi connectivity index (χ4v) is 6.18. The van der Waals surface area contributed by atoms with Gasteiger partial charge < -0.3 is 5.11 Å². The van der Waals surface area contributed by atoms with E-state index in [0.717, 1.165) is 12.8 Å². The summed E-state index contributed by atoms with van der Waals surface area (Å²) in [6.07, 6.45) is 49.9. The highest BCUT2D eigenvalue weighted by Crippen LogP contribution is 2.17. The number of aliphatic carboxylic acids is 1. The van der Waals surface area contributed by atoms with Crippen LogP contribution in [-0.2, 0) is 4.79 Å². The lowest BCUT2D eigenvalue weighted by Gasteiger charge is -2.05. The minimum absolute atomic E-state index is 0.347. The Balaban J connectivity index is 3.03. The Morgan fingerprint density at radius 1 is 0.300 bits per heavy atom. The average Bonchev–Trinajstić information content (AvgIpc) is 2.95. The Bertz CT molecular complexity index is 460. The van der Waals surface area contributed by atoms with E-state index in [1.54, 1.807) is 0 Å². The first-order valence-corrected chi connectivity index (χ1v) is 19.0. The monoisotopic (exact) mass is 565 g/mol. The van der Waals surface area contributed by atoms with E-state index < -0.39 is 5.97 Å². The third-order valence-electron chi connectivity index (χ3n) is 8.99. The molecule has 0 radical (unpaired) electrons. The van der Waals surface area contributed by atoms with Crippen LogP contribution >= 0.6 is 0 Å². The number of carbonyl (C=O) groups is 1. The molecule has 240 valence electrons. The van der Waals surface area contributed by atoms with Crippen LogP contribution in [0.2, 0.25) is 0 Å². The summed E-state index contributed by atoms with van der Waals surface area (Å²) in [5.74, 6) is -0.647. The number of carboxylic acid groups (broad SMARTS) is 1. The van der Waals surface area contributed by atoms with Gasteiger partial charge in [-0.15, -0.1) is 0 Å². The van der Waals surface area contributed by atoms with Crippen molar-refractivity contribution in [3.8, 4) is 0 Å². The van der Waals surface area contributed by atoms with Crippen molar-refractivity contribution >= 4 is 5.97 Å². The van der Waals surface area contributed by atoms with Gasteiger partial charge in [-0.2, -0.15) is 0 Å². The standard InChI is InChI=1S/C38H76O2/c1-2-3-4-5-6-7-8-9-10-11-12-13-14-15-16-17-18-19-20-21-22-23-24-25-26-27-28-29-30-31-32-33-34-35-36-37-38(39)40/h2-37H2,1H3,(H,39,40). The SMILES string of the molecule is CCCCCCCCCCCCCCCCCCCCCCCCCCCCCCCCCCCCCC(=O)O. The topological polar surface area (TPSA) is 37.3 Å². The van der Waals surface area contributed by atoms with E-state index in [1.165, 1.54) is 212 Å². The molecule has 0 aliphatic rings. The van der Waals surface area contributed by atoms with E-state index >= 15 is 0 Å². The summed E-state index contributed by atoms with van der Waals surface area (Å²) >= 11 is 0. The molecule has 0 bridgehead atoms. The molecule has 0 saturated heterocycles. The fraction of sp³-hybridized carbons (Fsp3) is 0.974. The van der Waals surface area contributed by atoms with Crippen LogP contribution in [0.5, 0.6) is 0 Å².